The van der Waals surface area contributed by atoms with Crippen molar-refractivity contribution in [1.82, 2.24) is 4.57 Å². The zero-order valence-electron chi connectivity index (χ0n) is 8.43. The maximum atomic E-state index is 2.39. The topological polar surface area (TPSA) is 4.93 Å². The van der Waals surface area contributed by atoms with Gasteiger partial charge in [0.2, 0.25) is 0 Å². The summed E-state index contributed by atoms with van der Waals surface area (Å²) in [6, 6.07) is 2.30. The van der Waals surface area contributed by atoms with E-state index in [0.29, 0.717) is 0 Å². The number of aryl methyl sites for hydroxylation is 3. The lowest BCUT2D eigenvalue weighted by Gasteiger charge is -2.13. The molecular weight excluding hydrogens is 146 g/mol. The zero-order chi connectivity index (χ0) is 8.97. The molecule has 1 aliphatic rings. The first-order valence-corrected chi connectivity index (χ1v) is 5.02. The van der Waals surface area contributed by atoms with E-state index in [1.54, 1.807) is 0 Å². The van der Waals surface area contributed by atoms with E-state index in [4.69, 9.17) is 0 Å². The minimum absolute atomic E-state index is 1.24. The smallest absolute Gasteiger partial charge is 0.0222 e. The Morgan fingerprint density at radius 1 is 1.25 bits per heavy atom. The second-order valence-electron chi connectivity index (χ2n) is 3.16. The summed E-state index contributed by atoms with van der Waals surface area (Å²) in [6.45, 7) is 7.41. The Bertz CT molecular complexity index is 212. The molecule has 1 aromatic heterocycles. The van der Waals surface area contributed by atoms with Gasteiger partial charge < -0.3 is 4.57 Å². The van der Waals surface area contributed by atoms with E-state index in [0.717, 1.165) is 0 Å². The quantitative estimate of drug-likeness (QED) is 0.556. The van der Waals surface area contributed by atoms with E-state index in [2.05, 4.69) is 23.8 Å². The van der Waals surface area contributed by atoms with Gasteiger partial charge in [-0.2, -0.15) is 0 Å². The fourth-order valence-electron chi connectivity index (χ4n) is 1.72. The normalized spacial score (nSPS) is 14.6. The van der Waals surface area contributed by atoms with Gasteiger partial charge in [-0.15, -0.1) is 0 Å². The molecule has 0 saturated heterocycles. The lowest BCUT2D eigenvalue weighted by atomic mass is 10.1. The van der Waals surface area contributed by atoms with E-state index in [1.807, 2.05) is 13.8 Å². The molecule has 0 atom stereocenters. The number of rotatable bonds is 0. The van der Waals surface area contributed by atoms with Gasteiger partial charge in [-0.3, -0.25) is 0 Å². The van der Waals surface area contributed by atoms with Gasteiger partial charge in [0.1, 0.15) is 0 Å². The van der Waals surface area contributed by atoms with Crippen molar-refractivity contribution in [3.63, 3.8) is 0 Å². The number of nitrogens with zero attached hydrogens (tertiary/aromatic N) is 1. The molecule has 0 aromatic carbocycles. The molecule has 0 radical (unpaired) electrons. The molecule has 2 heterocycles. The van der Waals surface area contributed by atoms with Gasteiger partial charge in [0, 0.05) is 18.4 Å². The number of aromatic nitrogens is 1. The Labute approximate surface area is 75.4 Å². The Balaban J connectivity index is 0.000000336. The van der Waals surface area contributed by atoms with Crippen LogP contribution in [0.1, 0.15) is 37.9 Å². The molecule has 1 aliphatic heterocycles. The molecular formula is C11H19N. The van der Waals surface area contributed by atoms with Crippen molar-refractivity contribution in [2.75, 3.05) is 0 Å². The monoisotopic (exact) mass is 165 g/mol. The SMILES string of the molecule is CC.Cc1cc2n(c1)CCCC2. The lowest BCUT2D eigenvalue weighted by Crippen LogP contribution is -2.07. The van der Waals surface area contributed by atoms with Crippen LogP contribution in [-0.4, -0.2) is 4.57 Å². The fraction of sp³-hybridized carbons (Fsp3) is 0.636. The van der Waals surface area contributed by atoms with Crippen LogP contribution in [0.15, 0.2) is 12.3 Å². The average molecular weight is 165 g/mol. The van der Waals surface area contributed by atoms with Crippen molar-refractivity contribution in [3.8, 4) is 0 Å². The van der Waals surface area contributed by atoms with E-state index in [-0.39, 0.29) is 0 Å². The number of hydrogen-bond donors (Lipinski definition) is 0. The molecule has 0 saturated carbocycles. The third-order valence-corrected chi connectivity index (χ3v) is 2.20. The van der Waals surface area contributed by atoms with Crippen LogP contribution in [0.2, 0.25) is 0 Å². The summed E-state index contributed by atoms with van der Waals surface area (Å²) in [6.07, 6.45) is 6.28. The summed E-state index contributed by atoms with van der Waals surface area (Å²) in [5, 5.41) is 0. The molecule has 1 nitrogen and oxygen atoms in total. The van der Waals surface area contributed by atoms with Crippen LogP contribution in [0.4, 0.5) is 0 Å². The standard InChI is InChI=1S/C9H13N.C2H6/c1-8-6-9-4-2-3-5-10(9)7-8;1-2/h6-7H,2-5H2,1H3;1-2H3. The molecule has 1 heteroatoms. The summed E-state index contributed by atoms with van der Waals surface area (Å²) < 4.78 is 2.39. The molecule has 0 fully saturated rings. The summed E-state index contributed by atoms with van der Waals surface area (Å²) in [5.41, 5.74) is 2.95. The van der Waals surface area contributed by atoms with E-state index in [1.165, 1.54) is 37.1 Å². The first-order chi connectivity index (χ1) is 5.86. The Hall–Kier alpha value is -0.720. The Kier molecular flexibility index (Phi) is 3.39. The fourth-order valence-corrected chi connectivity index (χ4v) is 1.72. The van der Waals surface area contributed by atoms with E-state index >= 15 is 0 Å². The number of fused-ring (bicyclic) bond motifs is 1. The van der Waals surface area contributed by atoms with Crippen molar-refractivity contribution >= 4 is 0 Å². The highest BCUT2D eigenvalue weighted by atomic mass is 15.0. The van der Waals surface area contributed by atoms with Crippen LogP contribution in [0, 0.1) is 6.92 Å². The summed E-state index contributed by atoms with van der Waals surface area (Å²) in [7, 11) is 0. The highest BCUT2D eigenvalue weighted by Crippen LogP contribution is 2.16. The maximum Gasteiger partial charge on any atom is 0.0222 e. The van der Waals surface area contributed by atoms with Crippen LogP contribution in [0.5, 0.6) is 0 Å². The van der Waals surface area contributed by atoms with Crippen LogP contribution in [0.3, 0.4) is 0 Å². The predicted molar refractivity (Wildman–Crippen MR) is 53.5 cm³/mol. The minimum Gasteiger partial charge on any atom is -0.351 e. The second kappa shape index (κ2) is 4.34. The maximum absolute atomic E-state index is 2.39. The average Bonchev–Trinajstić information content (AvgIpc) is 2.48. The molecule has 0 N–H and O–H groups in total. The van der Waals surface area contributed by atoms with Gasteiger partial charge in [0.25, 0.3) is 0 Å². The lowest BCUT2D eigenvalue weighted by molar-refractivity contribution is 0.533. The van der Waals surface area contributed by atoms with Crippen molar-refractivity contribution in [3.05, 3.63) is 23.5 Å². The van der Waals surface area contributed by atoms with Crippen molar-refractivity contribution in [2.24, 2.45) is 0 Å². The van der Waals surface area contributed by atoms with Gasteiger partial charge in [0.05, 0.1) is 0 Å². The molecule has 0 amide bonds. The highest BCUT2D eigenvalue weighted by molar-refractivity contribution is 5.18. The summed E-state index contributed by atoms with van der Waals surface area (Å²) >= 11 is 0. The minimum atomic E-state index is 1.24. The molecule has 2 rings (SSSR count). The highest BCUT2D eigenvalue weighted by Gasteiger charge is 2.07. The third-order valence-electron chi connectivity index (χ3n) is 2.20. The van der Waals surface area contributed by atoms with E-state index < -0.39 is 0 Å². The third kappa shape index (κ3) is 1.90. The Morgan fingerprint density at radius 2 is 2.00 bits per heavy atom. The van der Waals surface area contributed by atoms with E-state index in [9.17, 15) is 0 Å². The second-order valence-corrected chi connectivity index (χ2v) is 3.16. The molecule has 1 aromatic rings. The van der Waals surface area contributed by atoms with Gasteiger partial charge in [-0.1, -0.05) is 13.8 Å². The predicted octanol–water partition coefficient (Wildman–Crippen LogP) is 3.16. The van der Waals surface area contributed by atoms with Gasteiger partial charge in [-0.25, -0.2) is 0 Å². The van der Waals surface area contributed by atoms with Crippen molar-refractivity contribution in [1.29, 1.82) is 0 Å². The molecule has 68 valence electrons. The molecule has 0 bridgehead atoms. The van der Waals surface area contributed by atoms with Gasteiger partial charge in [-0.05, 0) is 37.8 Å². The first-order valence-electron chi connectivity index (χ1n) is 5.02. The summed E-state index contributed by atoms with van der Waals surface area (Å²) in [5.74, 6) is 0. The van der Waals surface area contributed by atoms with Crippen molar-refractivity contribution in [2.45, 2.75) is 46.6 Å². The summed E-state index contributed by atoms with van der Waals surface area (Å²) in [4.78, 5) is 0. The first kappa shape index (κ1) is 9.37. The molecule has 0 spiro atoms. The molecule has 0 unspecified atom stereocenters. The Morgan fingerprint density at radius 3 is 2.67 bits per heavy atom. The van der Waals surface area contributed by atoms with Crippen molar-refractivity contribution < 1.29 is 0 Å². The van der Waals surface area contributed by atoms with Crippen LogP contribution in [-0.2, 0) is 13.0 Å². The van der Waals surface area contributed by atoms with Gasteiger partial charge in [0.15, 0.2) is 0 Å². The van der Waals surface area contributed by atoms with Crippen LogP contribution >= 0.6 is 0 Å². The van der Waals surface area contributed by atoms with Crippen LogP contribution in [0.25, 0.3) is 0 Å². The van der Waals surface area contributed by atoms with Crippen LogP contribution < -0.4 is 0 Å². The zero-order valence-corrected chi connectivity index (χ0v) is 8.43. The number of hydrogen-bond acceptors (Lipinski definition) is 0. The van der Waals surface area contributed by atoms with Gasteiger partial charge >= 0.3 is 0 Å². The molecule has 0 aliphatic carbocycles. The molecule has 12 heavy (non-hydrogen) atoms. The largest absolute Gasteiger partial charge is 0.351 e.